The summed E-state index contributed by atoms with van der Waals surface area (Å²) in [6, 6.07) is 8.46. The molecule has 2 fully saturated rings. The Morgan fingerprint density at radius 1 is 0.917 bits per heavy atom. The molecule has 1 aromatic carbocycles. The van der Waals surface area contributed by atoms with Crippen molar-refractivity contribution in [3.63, 3.8) is 0 Å². The number of hydrogen-bond donors (Lipinski definition) is 3. The summed E-state index contributed by atoms with van der Waals surface area (Å²) < 4.78 is 0. The molecule has 48 heavy (non-hydrogen) atoms. The smallest absolute Gasteiger partial charge is 0.123 e. The number of piperidine rings is 1. The molecule has 0 spiro atoms. The van der Waals surface area contributed by atoms with Crippen LogP contribution in [0, 0.1) is 11.3 Å². The lowest BCUT2D eigenvalue weighted by atomic mass is 9.84. The molecule has 1 saturated heterocycles. The first kappa shape index (κ1) is 42.5. The Balaban J connectivity index is 0.00000100. The minimum absolute atomic E-state index is 0.609. The van der Waals surface area contributed by atoms with Crippen molar-refractivity contribution in [3.05, 3.63) is 107 Å². The standard InChI is InChI=1S/C35H45N3.C5H11N.2C2H6/c1-9-29(21-25(6)23(3)4)35(22-28-13-11-12-14-28)38-27(8)37-31-17-15-30(16-18-31)32(10-2)33-19-24(5)20-34(36)26(33)7;1-2-4-6-5-3-1;2*1-2/h9-10,15-18,20-21,28,36-37H,3,8,11-14,19,22H2,1-2,4-7H3;6H,1-5H2;2*1-2H3/b25-21+,29-9-,32-10-,36-34?,38-35-;;;. The molecule has 1 aliphatic heterocycles. The van der Waals surface area contributed by atoms with E-state index in [-0.39, 0.29) is 0 Å². The number of nitrogens with one attached hydrogen (secondary N) is 3. The van der Waals surface area contributed by atoms with Crippen LogP contribution in [0.25, 0.3) is 5.57 Å². The summed E-state index contributed by atoms with van der Waals surface area (Å²) >= 11 is 0. The highest BCUT2D eigenvalue weighted by molar-refractivity contribution is 6.10. The van der Waals surface area contributed by atoms with Crippen molar-refractivity contribution >= 4 is 22.7 Å². The van der Waals surface area contributed by atoms with Gasteiger partial charge in [0.05, 0.1) is 5.71 Å². The van der Waals surface area contributed by atoms with Crippen LogP contribution in [-0.2, 0) is 0 Å². The summed E-state index contributed by atoms with van der Waals surface area (Å²) in [5.74, 6) is 1.34. The maximum atomic E-state index is 8.32. The van der Waals surface area contributed by atoms with E-state index < -0.39 is 0 Å². The van der Waals surface area contributed by atoms with Crippen LogP contribution in [0.1, 0.15) is 133 Å². The van der Waals surface area contributed by atoms with Crippen LogP contribution in [0.5, 0.6) is 0 Å². The molecule has 4 heteroatoms. The number of allylic oxidation sites excluding steroid dienone is 11. The molecular formula is C44H68N4. The Morgan fingerprint density at radius 3 is 2.00 bits per heavy atom. The molecule has 2 aliphatic carbocycles. The van der Waals surface area contributed by atoms with Crippen LogP contribution < -0.4 is 10.6 Å². The molecule has 4 rings (SSSR count). The predicted octanol–water partition coefficient (Wildman–Crippen LogP) is 13.0. The molecule has 0 aromatic heterocycles. The van der Waals surface area contributed by atoms with E-state index in [4.69, 9.17) is 10.4 Å². The van der Waals surface area contributed by atoms with Gasteiger partial charge >= 0.3 is 0 Å². The minimum atomic E-state index is 0.609. The van der Waals surface area contributed by atoms with Crippen molar-refractivity contribution in [1.29, 1.82) is 5.41 Å². The third kappa shape index (κ3) is 14.3. The van der Waals surface area contributed by atoms with Crippen molar-refractivity contribution in [2.45, 2.75) is 127 Å². The second kappa shape index (κ2) is 23.8. The van der Waals surface area contributed by atoms with E-state index in [9.17, 15) is 0 Å². The second-order valence-electron chi connectivity index (χ2n) is 12.6. The summed E-state index contributed by atoms with van der Waals surface area (Å²) in [6.45, 7) is 31.3. The van der Waals surface area contributed by atoms with Gasteiger partial charge in [-0.1, -0.05) is 114 Å². The molecule has 264 valence electrons. The maximum Gasteiger partial charge on any atom is 0.123 e. The Bertz CT molecular complexity index is 1350. The molecule has 1 heterocycles. The van der Waals surface area contributed by atoms with E-state index in [1.54, 1.807) is 0 Å². The summed E-state index contributed by atoms with van der Waals surface area (Å²) in [7, 11) is 0. The normalized spacial score (nSPS) is 17.6. The number of hydrogen-bond acceptors (Lipinski definition) is 4. The minimum Gasteiger partial charge on any atom is -0.341 e. The lowest BCUT2D eigenvalue weighted by Crippen LogP contribution is -2.21. The predicted molar refractivity (Wildman–Crippen MR) is 217 cm³/mol. The van der Waals surface area contributed by atoms with Gasteiger partial charge in [0, 0.05) is 11.4 Å². The van der Waals surface area contributed by atoms with Crippen molar-refractivity contribution in [2.24, 2.45) is 10.9 Å². The van der Waals surface area contributed by atoms with E-state index in [1.807, 2.05) is 40.7 Å². The first-order chi connectivity index (χ1) is 23.1. The molecule has 0 amide bonds. The molecule has 0 atom stereocenters. The fourth-order valence-corrected chi connectivity index (χ4v) is 6.09. The molecule has 0 bridgehead atoms. The summed E-state index contributed by atoms with van der Waals surface area (Å²) in [5.41, 5.74) is 11.9. The van der Waals surface area contributed by atoms with Gasteiger partial charge in [0.15, 0.2) is 0 Å². The first-order valence-corrected chi connectivity index (χ1v) is 18.6. The van der Waals surface area contributed by atoms with Gasteiger partial charge in [0.2, 0.25) is 0 Å². The quantitative estimate of drug-likeness (QED) is 0.174. The molecular weight excluding hydrogens is 585 g/mol. The average molecular weight is 653 g/mol. The molecule has 3 aliphatic rings. The largest absolute Gasteiger partial charge is 0.341 e. The van der Waals surface area contributed by atoms with E-state index in [0.717, 1.165) is 46.5 Å². The third-order valence-corrected chi connectivity index (χ3v) is 8.92. The highest BCUT2D eigenvalue weighted by Gasteiger charge is 2.20. The van der Waals surface area contributed by atoms with Gasteiger partial charge in [0.25, 0.3) is 0 Å². The lowest BCUT2D eigenvalue weighted by molar-refractivity contribution is 0.520. The number of benzene rings is 1. The molecule has 0 unspecified atom stereocenters. The van der Waals surface area contributed by atoms with Crippen LogP contribution in [0.3, 0.4) is 0 Å². The van der Waals surface area contributed by atoms with Gasteiger partial charge in [-0.25, -0.2) is 4.99 Å². The van der Waals surface area contributed by atoms with Crippen LogP contribution in [0.15, 0.2) is 106 Å². The summed E-state index contributed by atoms with van der Waals surface area (Å²) in [6.07, 6.45) is 19.7. The zero-order chi connectivity index (χ0) is 36.1. The first-order valence-electron chi connectivity index (χ1n) is 18.6. The Kier molecular flexibility index (Phi) is 21.1. The fraction of sp³-hybridized carbons (Fsp3) is 0.500. The van der Waals surface area contributed by atoms with Crippen LogP contribution in [0.4, 0.5) is 5.69 Å². The summed E-state index contributed by atoms with van der Waals surface area (Å²) in [4.78, 5) is 5.01. The zero-order valence-electron chi connectivity index (χ0n) is 32.3. The third-order valence-electron chi connectivity index (χ3n) is 8.92. The molecule has 0 radical (unpaired) electrons. The van der Waals surface area contributed by atoms with E-state index in [2.05, 4.69) is 101 Å². The van der Waals surface area contributed by atoms with Gasteiger partial charge in [-0.05, 0) is 138 Å². The molecule has 4 nitrogen and oxygen atoms in total. The highest BCUT2D eigenvalue weighted by atomic mass is 15.0. The Hall–Kier alpha value is -3.50. The number of nitrogens with zero attached hydrogens (tertiary/aromatic N) is 1. The van der Waals surface area contributed by atoms with Crippen LogP contribution in [-0.4, -0.2) is 24.5 Å². The monoisotopic (exact) mass is 653 g/mol. The van der Waals surface area contributed by atoms with Gasteiger partial charge in [-0.15, -0.1) is 0 Å². The van der Waals surface area contributed by atoms with E-state index in [0.29, 0.717) is 17.5 Å². The van der Waals surface area contributed by atoms with Gasteiger partial charge < -0.3 is 16.0 Å². The van der Waals surface area contributed by atoms with Gasteiger partial charge in [0.1, 0.15) is 5.82 Å². The highest BCUT2D eigenvalue weighted by Crippen LogP contribution is 2.34. The number of aliphatic imine (C=N–C) groups is 1. The Labute approximate surface area is 295 Å². The molecule has 1 aromatic rings. The van der Waals surface area contributed by atoms with Crippen molar-refractivity contribution in [1.82, 2.24) is 5.32 Å². The maximum absolute atomic E-state index is 8.32. The number of anilines is 1. The molecule has 3 N–H and O–H groups in total. The van der Waals surface area contributed by atoms with Crippen LogP contribution >= 0.6 is 0 Å². The topological polar surface area (TPSA) is 60.3 Å². The second-order valence-corrected chi connectivity index (χ2v) is 12.6. The van der Waals surface area contributed by atoms with E-state index in [1.165, 1.54) is 80.3 Å². The zero-order valence-corrected chi connectivity index (χ0v) is 32.3. The van der Waals surface area contributed by atoms with E-state index >= 15 is 0 Å². The van der Waals surface area contributed by atoms with Crippen LogP contribution in [0.2, 0.25) is 0 Å². The number of rotatable bonds is 10. The lowest BCUT2D eigenvalue weighted by Gasteiger charge is -2.21. The average Bonchev–Trinajstić information content (AvgIpc) is 3.62. The fourth-order valence-electron chi connectivity index (χ4n) is 6.09. The van der Waals surface area contributed by atoms with Gasteiger partial charge in [-0.3, -0.25) is 0 Å². The Morgan fingerprint density at radius 2 is 1.52 bits per heavy atom. The SMILES string of the molecule is C1CCNCC1.C=C(\N=C(CC1CCCC1)/C(=C\C)/C=C(\C)C(=C)C)Nc1ccc(/C(=C/C)C2=C(C)C(=N)C=C(C)C2)cc1.CC.CC. The van der Waals surface area contributed by atoms with Crippen molar-refractivity contribution < 1.29 is 0 Å². The summed E-state index contributed by atoms with van der Waals surface area (Å²) in [5, 5.41) is 15.0. The van der Waals surface area contributed by atoms with Crippen molar-refractivity contribution in [2.75, 3.05) is 18.4 Å². The van der Waals surface area contributed by atoms with Crippen molar-refractivity contribution in [3.8, 4) is 0 Å². The van der Waals surface area contributed by atoms with Gasteiger partial charge in [-0.2, -0.15) is 0 Å². The molecule has 1 saturated carbocycles.